The van der Waals surface area contributed by atoms with Gasteiger partial charge in [0.2, 0.25) is 0 Å². The predicted molar refractivity (Wildman–Crippen MR) is 547 cm³/mol. The highest BCUT2D eigenvalue weighted by atomic mass is 16.7. The van der Waals surface area contributed by atoms with Gasteiger partial charge in [-0.15, -0.1) is 0 Å². The van der Waals surface area contributed by atoms with E-state index in [4.69, 9.17) is 48.1 Å². The number of allylic oxidation sites excluding steroid dienone is 2. The Morgan fingerprint density at radius 3 is 1.16 bits per heavy atom. The van der Waals surface area contributed by atoms with E-state index in [1.807, 2.05) is 121 Å². The largest absolute Gasteiger partial charge is 0.374 e. The third-order valence-corrected chi connectivity index (χ3v) is 36.1. The molecule has 0 radical (unpaired) electrons. The molecule has 1 unspecified atom stereocenters. The standard InChI is InChI=1S/C25H30N4O2.C24H25N5O.C24H28N4O2.C23H26N4O.C21H26O3/c1-17-20-9-10-21-22(24(20,2)11-12-25(17)30-13-14-31-25)27-23(18-15-26-28(3)16-18)29(21)19-7-5-4-6-8-19;1-15-19-9-10-20-22(24(19,2)11-16-13-26-30-21(15)16)27-23(17-12-25-28(3)14-17)29(20)18-7-5-4-6-8-18;1-15-18-10-11-19-22(24(18,2)12-20(30-4)21(15)29)26-23(16-13-25-27(3)14-16)28(19)17-8-6-5-7-9-17;1-15-18-9-10-19-21(23(18,2)12-11-20(15)28)25-22(16-13-24-26(3)14-16)27(19)17-7-5-4-6-8-17;1-15-18-9-8-17(14-16-6-4-3-5-7-16)19(22)20(18,2)10-11-21(15)23-12-13-24-21/h4-8,15-17,20H,9-14H2,1-3H3;4-8,12-15,19H,9-11H2,1-3H3;5-9,13-15,18,20H,10-12H2,1-4H3;4-8,13-15,18H,9-12H2,1-3H3;3-8,15,18H,9-14H2,1-2H3/t17-,20-,24-;15-,19-,24-;15-,18-,20?,24-;15-,18-,23-;15-,18-,20-/m00000/s1. The molecule has 5 aromatic carbocycles. The first kappa shape index (κ1) is 95.4. The fourth-order valence-electron chi connectivity index (χ4n) is 28.6. The minimum atomic E-state index is -0.449. The summed E-state index contributed by atoms with van der Waals surface area (Å²) in [6.07, 6.45) is 36.1. The minimum Gasteiger partial charge on any atom is -0.374 e. The molecule has 12 aliphatic rings. The summed E-state index contributed by atoms with van der Waals surface area (Å²) >= 11 is 0. The molecule has 143 heavy (non-hydrogen) atoms. The van der Waals surface area contributed by atoms with Crippen molar-refractivity contribution in [1.82, 2.24) is 82.5 Å². The number of aromatic nitrogens is 17. The monoisotopic (exact) mass is 1920 g/mol. The van der Waals surface area contributed by atoms with Gasteiger partial charge >= 0.3 is 0 Å². The van der Waals surface area contributed by atoms with E-state index in [9.17, 15) is 14.4 Å². The summed E-state index contributed by atoms with van der Waals surface area (Å²) < 4.78 is 52.3. The molecule has 16 atom stereocenters. The van der Waals surface area contributed by atoms with Crippen LogP contribution in [-0.4, -0.2) is 151 Å². The number of methoxy groups -OCH3 is 1. The van der Waals surface area contributed by atoms with Gasteiger partial charge in [0.05, 0.1) is 102 Å². The molecule has 2 saturated heterocycles. The fourth-order valence-corrected chi connectivity index (χ4v) is 28.6. The van der Waals surface area contributed by atoms with E-state index >= 15 is 0 Å². The van der Waals surface area contributed by atoms with E-state index in [2.05, 4.69) is 253 Å². The number of para-hydroxylation sites is 4. The molecule has 0 amide bonds. The van der Waals surface area contributed by atoms with E-state index in [0.717, 1.165) is 182 Å². The Kier molecular flexibility index (Phi) is 24.9. The second-order valence-electron chi connectivity index (χ2n) is 44.1. The number of carbonyl (C=O) groups excluding carboxylic acids is 3. The zero-order valence-electron chi connectivity index (χ0n) is 85.4. The van der Waals surface area contributed by atoms with Crippen molar-refractivity contribution in [3.63, 3.8) is 0 Å². The van der Waals surface area contributed by atoms with Gasteiger partial charge in [-0.3, -0.25) is 51.4 Å². The second-order valence-corrected chi connectivity index (χ2v) is 44.1. The second kappa shape index (κ2) is 37.3. The van der Waals surface area contributed by atoms with Crippen LogP contribution in [0.2, 0.25) is 0 Å². The maximum Gasteiger partial charge on any atom is 0.171 e. The smallest absolute Gasteiger partial charge is 0.171 e. The lowest BCUT2D eigenvalue weighted by Crippen LogP contribution is -2.55. The number of rotatable bonds is 11. The van der Waals surface area contributed by atoms with E-state index in [0.29, 0.717) is 86.3 Å². The molecule has 26 rings (SSSR count). The Hall–Kier alpha value is -12.5. The molecule has 2 spiro atoms. The lowest BCUT2D eigenvalue weighted by atomic mass is 9.55. The zero-order chi connectivity index (χ0) is 99.0. The van der Waals surface area contributed by atoms with Crippen molar-refractivity contribution < 1.29 is 42.6 Å². The number of benzene rings is 5. The number of carbonyl (C=O) groups is 3. The normalized spacial score (nSPS) is 28.6. The molecule has 0 N–H and O–H groups in total. The Bertz CT molecular complexity index is 7080. The third-order valence-electron chi connectivity index (χ3n) is 36.1. The third kappa shape index (κ3) is 16.2. The van der Waals surface area contributed by atoms with Gasteiger partial charge in [0.25, 0.3) is 0 Å². The minimum absolute atomic E-state index is 0.0184. The van der Waals surface area contributed by atoms with Gasteiger partial charge in [0.1, 0.15) is 40.9 Å². The Labute approximate surface area is 837 Å². The first-order chi connectivity index (χ1) is 69.1. The average Bonchev–Trinajstić information content (AvgIpc) is 1.57. The highest BCUT2D eigenvalue weighted by molar-refractivity contribution is 6.01. The van der Waals surface area contributed by atoms with Gasteiger partial charge in [0, 0.05) is 194 Å². The van der Waals surface area contributed by atoms with Gasteiger partial charge in [0.15, 0.2) is 23.1 Å². The highest BCUT2D eigenvalue weighted by Crippen LogP contribution is 2.62. The van der Waals surface area contributed by atoms with Crippen LogP contribution >= 0.6 is 0 Å². The summed E-state index contributed by atoms with van der Waals surface area (Å²) in [6.45, 7) is 25.4. The Morgan fingerprint density at radius 2 is 0.755 bits per heavy atom. The van der Waals surface area contributed by atoms with E-state index in [1.165, 1.54) is 56.7 Å². The average molecular weight is 1920 g/mol. The summed E-state index contributed by atoms with van der Waals surface area (Å²) in [5.74, 6) is 8.04. The first-order valence-electron chi connectivity index (χ1n) is 52.1. The molecule has 742 valence electrons. The molecule has 11 heterocycles. The van der Waals surface area contributed by atoms with Crippen molar-refractivity contribution in [1.29, 1.82) is 0 Å². The highest BCUT2D eigenvalue weighted by Gasteiger charge is 2.62. The van der Waals surface area contributed by atoms with Crippen LogP contribution in [0, 0.1) is 58.7 Å². The number of Topliss-reactive ketones (excluding diaryl/α,β-unsaturated/α-hetero) is 3. The number of hydrogen-bond acceptors (Lipinski definition) is 18. The lowest BCUT2D eigenvalue weighted by Gasteiger charge is -2.53. The van der Waals surface area contributed by atoms with Gasteiger partial charge in [-0.25, -0.2) is 19.9 Å². The van der Waals surface area contributed by atoms with E-state index in [-0.39, 0.29) is 62.6 Å². The van der Waals surface area contributed by atoms with Crippen molar-refractivity contribution in [3.05, 3.63) is 282 Å². The number of aryl methyl sites for hydroxylation is 4. The summed E-state index contributed by atoms with van der Waals surface area (Å²) in [6, 6.07) is 52.4. The molecule has 2 aliphatic heterocycles. The fraction of sp³-hybridized carbons (Fsp3) is 0.470. The molecular weight excluding hydrogens is 1790 g/mol. The summed E-state index contributed by atoms with van der Waals surface area (Å²) in [5, 5.41) is 21.7. The Balaban J connectivity index is 0.000000102. The molecule has 0 bridgehead atoms. The first-order valence-corrected chi connectivity index (χ1v) is 52.1. The molecule has 9 aromatic heterocycles. The molecular formula is C117H135N17O9. The quantitative estimate of drug-likeness (QED) is 0.116. The van der Waals surface area contributed by atoms with Gasteiger partial charge in [-0.2, -0.15) is 20.4 Å². The SMILES string of the molecule is COC1C[C@]2(C)c3nc(-c4cnn(C)c4)n(-c4ccccc4)c3CC[C@H]2[C@H](C)C1=O.C[C@@H]1C(=O)CC[C@]2(C)c3nc(-c4cnn(C)c4)n(-c4ccccc4)c3CC[C@@H]12.C[C@@H]1c2oncc2C[C@]2(C)c3nc(-c4cnn(C)c4)n(-c4ccccc4)c3CC[C@@H]12.C[C@H]1[C@@H]2CC=C(Cc3ccccc3)C(=O)[C@@]2(C)CCC12OCCO2.C[C@H]1[C@@H]2CCc3c(nc(-c4cnn(C)c4)n3-c3ccccc3)[C@@]2(C)CCC12OCCO2. The number of imidazole rings is 4. The van der Waals surface area contributed by atoms with Gasteiger partial charge in [-0.05, 0) is 179 Å². The summed E-state index contributed by atoms with van der Waals surface area (Å²) in [7, 11) is 9.42. The number of hydrogen-bond donors (Lipinski definition) is 0. The molecule has 26 heteroatoms. The topological polar surface area (TPSA) is 266 Å². The number of ketones is 3. The van der Waals surface area contributed by atoms with Gasteiger partial charge < -0.3 is 28.2 Å². The molecule has 4 saturated carbocycles. The number of nitrogens with zero attached hydrogens (tertiary/aromatic N) is 17. The predicted octanol–water partition coefficient (Wildman–Crippen LogP) is 20.4. The molecule has 26 nitrogen and oxygen atoms in total. The van der Waals surface area contributed by atoms with Gasteiger partial charge in [-0.1, -0.05) is 184 Å². The van der Waals surface area contributed by atoms with Crippen molar-refractivity contribution in [3.8, 4) is 68.3 Å². The lowest BCUT2D eigenvalue weighted by molar-refractivity contribution is -0.239. The number of ether oxygens (including phenoxy) is 5. The maximum absolute atomic E-state index is 13.3. The van der Waals surface area contributed by atoms with Crippen LogP contribution < -0.4 is 0 Å². The van der Waals surface area contributed by atoms with Crippen LogP contribution in [0.4, 0.5) is 0 Å². The zero-order valence-corrected chi connectivity index (χ0v) is 85.4. The van der Waals surface area contributed by atoms with Crippen molar-refractivity contribution in [2.45, 2.75) is 230 Å². The molecule has 10 aliphatic carbocycles. The van der Waals surface area contributed by atoms with Crippen molar-refractivity contribution in [2.75, 3.05) is 33.5 Å². The maximum atomic E-state index is 13.3. The van der Waals surface area contributed by atoms with Crippen molar-refractivity contribution in [2.24, 2.45) is 86.9 Å². The summed E-state index contributed by atoms with van der Waals surface area (Å²) in [4.78, 5) is 59.6. The summed E-state index contributed by atoms with van der Waals surface area (Å²) in [5.41, 5.74) is 21.6. The van der Waals surface area contributed by atoms with E-state index < -0.39 is 11.6 Å². The van der Waals surface area contributed by atoms with Crippen LogP contribution in [0.25, 0.3) is 68.3 Å². The molecule has 14 aromatic rings. The van der Waals surface area contributed by atoms with Crippen LogP contribution in [-0.2, 0) is 126 Å². The van der Waals surface area contributed by atoms with Crippen LogP contribution in [0.5, 0.6) is 0 Å². The van der Waals surface area contributed by atoms with Crippen LogP contribution in [0.3, 0.4) is 0 Å². The van der Waals surface area contributed by atoms with Crippen LogP contribution in [0.1, 0.15) is 215 Å². The van der Waals surface area contributed by atoms with E-state index in [1.54, 1.807) is 7.11 Å². The Morgan fingerprint density at radius 1 is 0.392 bits per heavy atom. The van der Waals surface area contributed by atoms with Crippen molar-refractivity contribution >= 4 is 17.3 Å². The molecule has 6 fully saturated rings. The van der Waals surface area contributed by atoms with Crippen LogP contribution in [0.15, 0.2) is 224 Å². The number of fused-ring (bicyclic) bond motifs is 14.